The number of rotatable bonds is 5. The summed E-state index contributed by atoms with van der Waals surface area (Å²) in [6.07, 6.45) is 0. The second kappa shape index (κ2) is 8.28. The van der Waals surface area contributed by atoms with E-state index in [1.807, 2.05) is 36.4 Å². The van der Waals surface area contributed by atoms with Gasteiger partial charge in [0.05, 0.1) is 16.7 Å². The van der Waals surface area contributed by atoms with Gasteiger partial charge in [0.2, 0.25) is 0 Å². The van der Waals surface area contributed by atoms with Gasteiger partial charge >= 0.3 is 5.97 Å². The Kier molecular flexibility index (Phi) is 5.14. The van der Waals surface area contributed by atoms with Crippen molar-refractivity contribution in [3.63, 3.8) is 0 Å². The molecule has 0 spiro atoms. The fourth-order valence-electron chi connectivity index (χ4n) is 3.77. The van der Waals surface area contributed by atoms with Gasteiger partial charge in [-0.15, -0.1) is 0 Å². The fraction of sp³-hybridized carbons (Fsp3) is 0.0800. The average molecular weight is 455 g/mol. The number of imide groups is 1. The minimum Gasteiger partial charge on any atom is -0.452 e. The molecule has 168 valence electrons. The number of amides is 3. The van der Waals surface area contributed by atoms with Gasteiger partial charge in [0, 0.05) is 17.1 Å². The monoisotopic (exact) mass is 455 g/mol. The van der Waals surface area contributed by atoms with Gasteiger partial charge in [0.15, 0.2) is 12.4 Å². The van der Waals surface area contributed by atoms with Crippen molar-refractivity contribution in [3.05, 3.63) is 89.2 Å². The van der Waals surface area contributed by atoms with E-state index in [0.29, 0.717) is 11.4 Å². The molecule has 1 aliphatic heterocycles. The summed E-state index contributed by atoms with van der Waals surface area (Å²) in [4.78, 5) is 51.2. The Morgan fingerprint density at radius 2 is 1.74 bits per heavy atom. The first-order valence-electron chi connectivity index (χ1n) is 10.3. The Morgan fingerprint density at radius 1 is 0.971 bits per heavy atom. The molecule has 5 rings (SSSR count). The molecule has 0 aliphatic carbocycles. The van der Waals surface area contributed by atoms with E-state index in [0.717, 1.165) is 15.7 Å². The molecule has 4 aromatic rings. The quantitative estimate of drug-likeness (QED) is 0.360. The second-order valence-electron chi connectivity index (χ2n) is 7.65. The molecule has 3 amide bonds. The number of esters is 1. The molecular formula is C25H17N3O6. The summed E-state index contributed by atoms with van der Waals surface area (Å²) < 4.78 is 10.1. The van der Waals surface area contributed by atoms with E-state index in [-0.39, 0.29) is 22.5 Å². The summed E-state index contributed by atoms with van der Waals surface area (Å²) in [7, 11) is 0. The van der Waals surface area contributed by atoms with Crippen molar-refractivity contribution < 1.29 is 28.4 Å². The van der Waals surface area contributed by atoms with E-state index in [1.54, 1.807) is 13.0 Å². The molecule has 0 fully saturated rings. The predicted molar refractivity (Wildman–Crippen MR) is 122 cm³/mol. The molecule has 1 aliphatic rings. The predicted octanol–water partition coefficient (Wildman–Crippen LogP) is 3.73. The smallest absolute Gasteiger partial charge is 0.338 e. The van der Waals surface area contributed by atoms with Crippen LogP contribution in [0.3, 0.4) is 0 Å². The number of fused-ring (bicyclic) bond motifs is 2. The molecule has 0 saturated carbocycles. The van der Waals surface area contributed by atoms with E-state index in [2.05, 4.69) is 10.5 Å². The lowest BCUT2D eigenvalue weighted by Gasteiger charge is -2.09. The number of carbonyl (C=O) groups is 4. The topological polar surface area (TPSA) is 119 Å². The van der Waals surface area contributed by atoms with Crippen LogP contribution in [0.5, 0.6) is 0 Å². The zero-order valence-corrected chi connectivity index (χ0v) is 17.9. The van der Waals surface area contributed by atoms with Gasteiger partial charge in [-0.25, -0.2) is 9.69 Å². The van der Waals surface area contributed by atoms with E-state index in [9.17, 15) is 19.2 Å². The van der Waals surface area contributed by atoms with Gasteiger partial charge in [-0.2, -0.15) is 0 Å². The molecule has 0 radical (unpaired) electrons. The van der Waals surface area contributed by atoms with Crippen LogP contribution < -0.4 is 10.2 Å². The Hall–Kier alpha value is -4.79. The maximum Gasteiger partial charge on any atom is 0.338 e. The molecule has 0 saturated heterocycles. The number of carbonyl (C=O) groups excluding carboxylic acids is 4. The maximum atomic E-state index is 12.8. The molecule has 1 aromatic heterocycles. The van der Waals surface area contributed by atoms with Crippen LogP contribution in [0.25, 0.3) is 10.8 Å². The number of hydrogen-bond donors (Lipinski definition) is 1. The van der Waals surface area contributed by atoms with E-state index < -0.39 is 30.3 Å². The van der Waals surface area contributed by atoms with E-state index in [4.69, 9.17) is 9.26 Å². The van der Waals surface area contributed by atoms with Gasteiger partial charge in [0.25, 0.3) is 17.7 Å². The van der Waals surface area contributed by atoms with Crippen molar-refractivity contribution >= 4 is 46.0 Å². The van der Waals surface area contributed by atoms with Crippen molar-refractivity contribution in [1.82, 2.24) is 5.16 Å². The number of aryl methyl sites for hydroxylation is 1. The normalized spacial score (nSPS) is 12.7. The van der Waals surface area contributed by atoms with Crippen LogP contribution in [0.4, 0.5) is 11.5 Å². The summed E-state index contributed by atoms with van der Waals surface area (Å²) in [5.74, 6) is -1.99. The summed E-state index contributed by atoms with van der Waals surface area (Å²) >= 11 is 0. The van der Waals surface area contributed by atoms with Gasteiger partial charge in [-0.05, 0) is 36.6 Å². The molecule has 0 unspecified atom stereocenters. The first-order valence-corrected chi connectivity index (χ1v) is 10.3. The van der Waals surface area contributed by atoms with Gasteiger partial charge in [0.1, 0.15) is 5.76 Å². The minimum absolute atomic E-state index is 0.0380. The lowest BCUT2D eigenvalue weighted by Crippen LogP contribution is -2.29. The lowest BCUT2D eigenvalue weighted by molar-refractivity contribution is -0.119. The Morgan fingerprint density at radius 3 is 2.53 bits per heavy atom. The van der Waals surface area contributed by atoms with Crippen LogP contribution in [-0.4, -0.2) is 35.5 Å². The summed E-state index contributed by atoms with van der Waals surface area (Å²) in [5.41, 5.74) is 0.816. The van der Waals surface area contributed by atoms with E-state index in [1.165, 1.54) is 24.3 Å². The van der Waals surface area contributed by atoms with Gasteiger partial charge < -0.3 is 14.6 Å². The third-order valence-electron chi connectivity index (χ3n) is 5.36. The summed E-state index contributed by atoms with van der Waals surface area (Å²) in [6, 6.07) is 18.5. The first-order chi connectivity index (χ1) is 16.4. The molecule has 0 bridgehead atoms. The van der Waals surface area contributed by atoms with Crippen LogP contribution in [-0.2, 0) is 9.53 Å². The van der Waals surface area contributed by atoms with Crippen molar-refractivity contribution in [1.29, 1.82) is 0 Å². The van der Waals surface area contributed by atoms with Crippen LogP contribution in [0.2, 0.25) is 0 Å². The number of ether oxygens (including phenoxy) is 1. The second-order valence-corrected chi connectivity index (χ2v) is 7.65. The number of anilines is 2. The van der Waals surface area contributed by atoms with Crippen LogP contribution in [0.1, 0.15) is 36.8 Å². The number of benzene rings is 3. The third kappa shape index (κ3) is 3.69. The largest absolute Gasteiger partial charge is 0.452 e. The number of aromatic nitrogens is 1. The zero-order valence-electron chi connectivity index (χ0n) is 17.9. The molecule has 1 N–H and O–H groups in total. The Bertz CT molecular complexity index is 1480. The number of hydrogen-bond acceptors (Lipinski definition) is 7. The third-order valence-corrected chi connectivity index (χ3v) is 5.36. The van der Waals surface area contributed by atoms with Gasteiger partial charge in [-0.1, -0.05) is 41.6 Å². The van der Waals surface area contributed by atoms with Crippen molar-refractivity contribution in [2.75, 3.05) is 16.8 Å². The van der Waals surface area contributed by atoms with Crippen molar-refractivity contribution in [2.24, 2.45) is 0 Å². The Balaban J connectivity index is 1.27. The molecule has 9 nitrogen and oxygen atoms in total. The highest BCUT2D eigenvalue weighted by atomic mass is 16.5. The molecule has 34 heavy (non-hydrogen) atoms. The summed E-state index contributed by atoms with van der Waals surface area (Å²) in [6.45, 7) is 1.12. The molecular weight excluding hydrogens is 438 g/mol. The highest BCUT2D eigenvalue weighted by Gasteiger charge is 2.38. The van der Waals surface area contributed by atoms with Gasteiger partial charge in [-0.3, -0.25) is 14.4 Å². The molecule has 2 heterocycles. The standard InChI is InChI=1S/C25H17N3O6/c1-14-11-21(27-34-14)28-23(30)18-10-9-16(12-19(18)24(28)31)25(32)33-13-22(29)26-20-8-4-6-15-5-2-3-7-17(15)20/h2-12H,13H2,1H3,(H,26,29). The van der Waals surface area contributed by atoms with E-state index >= 15 is 0 Å². The maximum absolute atomic E-state index is 12.8. The first kappa shape index (κ1) is 21.1. The lowest BCUT2D eigenvalue weighted by atomic mass is 10.1. The average Bonchev–Trinajstić information content (AvgIpc) is 3.37. The number of nitrogens with one attached hydrogen (secondary N) is 1. The summed E-state index contributed by atoms with van der Waals surface area (Å²) in [5, 5.41) is 8.27. The van der Waals surface area contributed by atoms with Crippen LogP contribution in [0.15, 0.2) is 71.3 Å². The van der Waals surface area contributed by atoms with Crippen molar-refractivity contribution in [2.45, 2.75) is 6.92 Å². The molecule has 0 atom stereocenters. The zero-order chi connectivity index (χ0) is 23.8. The van der Waals surface area contributed by atoms with Crippen LogP contribution >= 0.6 is 0 Å². The Labute approximate surface area is 192 Å². The SMILES string of the molecule is Cc1cc(N2C(=O)c3ccc(C(=O)OCC(=O)Nc4cccc5ccccc45)cc3C2=O)no1. The molecule has 9 heteroatoms. The highest BCUT2D eigenvalue weighted by molar-refractivity contribution is 6.34. The highest BCUT2D eigenvalue weighted by Crippen LogP contribution is 2.29. The number of nitrogens with zero attached hydrogens (tertiary/aromatic N) is 2. The van der Waals surface area contributed by atoms with Crippen molar-refractivity contribution in [3.8, 4) is 0 Å². The minimum atomic E-state index is -0.799. The van der Waals surface area contributed by atoms with Crippen LogP contribution in [0, 0.1) is 6.92 Å². The fourth-order valence-corrected chi connectivity index (χ4v) is 3.77. The molecule has 3 aromatic carbocycles.